The molecule has 4 rings (SSSR count). The Morgan fingerprint density at radius 2 is 1.92 bits per heavy atom. The Bertz CT molecular complexity index is 1370. The number of carbonyl (C=O) groups excluding carboxylic acids is 2. The van der Waals surface area contributed by atoms with E-state index in [0.717, 1.165) is 17.0 Å². The number of thiophene rings is 1. The number of nitrogens with zero attached hydrogens (tertiary/aromatic N) is 3. The van der Waals surface area contributed by atoms with Crippen LogP contribution in [0.4, 0.5) is 5.00 Å². The summed E-state index contributed by atoms with van der Waals surface area (Å²) in [5.74, 6) is 0.0867. The van der Waals surface area contributed by atoms with Crippen molar-refractivity contribution in [3.05, 3.63) is 94.6 Å². The summed E-state index contributed by atoms with van der Waals surface area (Å²) in [6.45, 7) is 4.34. The third-order valence-corrected chi connectivity index (χ3v) is 7.35. The number of rotatable bonds is 10. The van der Waals surface area contributed by atoms with Gasteiger partial charge in [0.2, 0.25) is 5.91 Å². The molecule has 0 atom stereocenters. The topological polar surface area (TPSA) is 86.1 Å². The molecular formula is C26H23ClN4O3S2. The molecule has 0 saturated carbocycles. The van der Waals surface area contributed by atoms with Crippen LogP contribution in [0.25, 0.3) is 11.1 Å². The van der Waals surface area contributed by atoms with Crippen molar-refractivity contribution in [2.75, 3.05) is 18.2 Å². The van der Waals surface area contributed by atoms with E-state index < -0.39 is 5.97 Å². The Morgan fingerprint density at radius 1 is 1.17 bits per heavy atom. The van der Waals surface area contributed by atoms with Crippen LogP contribution in [0.5, 0.6) is 0 Å². The molecule has 0 bridgehead atoms. The third-order valence-electron chi connectivity index (χ3n) is 5.23. The van der Waals surface area contributed by atoms with Crippen molar-refractivity contribution in [1.29, 1.82) is 0 Å². The van der Waals surface area contributed by atoms with Gasteiger partial charge < -0.3 is 14.6 Å². The van der Waals surface area contributed by atoms with Gasteiger partial charge in [-0.1, -0.05) is 71.9 Å². The number of halogens is 1. The number of hydrogen-bond donors (Lipinski definition) is 1. The fraction of sp³-hybridized carbons (Fsp3) is 0.154. The molecule has 0 aliphatic heterocycles. The molecule has 1 amide bonds. The molecule has 0 spiro atoms. The molecule has 0 saturated heterocycles. The predicted octanol–water partition coefficient (Wildman–Crippen LogP) is 5.95. The molecule has 7 nitrogen and oxygen atoms in total. The minimum Gasteiger partial charge on any atom is -0.465 e. The summed E-state index contributed by atoms with van der Waals surface area (Å²) in [5.41, 5.74) is 2.98. The van der Waals surface area contributed by atoms with Crippen molar-refractivity contribution in [2.45, 2.75) is 18.1 Å². The van der Waals surface area contributed by atoms with Crippen LogP contribution < -0.4 is 5.32 Å². The Morgan fingerprint density at radius 3 is 2.61 bits per heavy atom. The Balaban J connectivity index is 1.47. The highest BCUT2D eigenvalue weighted by Crippen LogP contribution is 2.36. The Labute approximate surface area is 222 Å². The number of carbonyl (C=O) groups is 2. The Kier molecular flexibility index (Phi) is 8.58. The van der Waals surface area contributed by atoms with Gasteiger partial charge in [-0.05, 0) is 23.3 Å². The van der Waals surface area contributed by atoms with Gasteiger partial charge >= 0.3 is 5.97 Å². The van der Waals surface area contributed by atoms with Crippen LogP contribution >= 0.6 is 34.7 Å². The molecule has 0 radical (unpaired) electrons. The fourth-order valence-electron chi connectivity index (χ4n) is 3.53. The van der Waals surface area contributed by atoms with Gasteiger partial charge in [0.25, 0.3) is 0 Å². The number of ether oxygens (including phenoxy) is 1. The van der Waals surface area contributed by atoms with Crippen molar-refractivity contribution in [1.82, 2.24) is 14.8 Å². The second kappa shape index (κ2) is 12.0. The first-order valence-corrected chi connectivity index (χ1v) is 13.2. The van der Waals surface area contributed by atoms with E-state index in [-0.39, 0.29) is 11.7 Å². The molecule has 10 heteroatoms. The van der Waals surface area contributed by atoms with Gasteiger partial charge in [0.05, 0.1) is 12.9 Å². The maximum absolute atomic E-state index is 12.8. The Hall–Kier alpha value is -3.40. The number of hydrogen-bond acceptors (Lipinski definition) is 7. The molecule has 0 aliphatic rings. The van der Waals surface area contributed by atoms with Crippen molar-refractivity contribution >= 4 is 51.6 Å². The lowest BCUT2D eigenvalue weighted by atomic mass is 10.0. The lowest BCUT2D eigenvalue weighted by molar-refractivity contribution is -0.113. The zero-order chi connectivity index (χ0) is 25.5. The van der Waals surface area contributed by atoms with E-state index in [4.69, 9.17) is 16.3 Å². The second-order valence-corrected chi connectivity index (χ2v) is 9.91. The van der Waals surface area contributed by atoms with Crippen molar-refractivity contribution < 1.29 is 14.3 Å². The van der Waals surface area contributed by atoms with Gasteiger partial charge in [0.15, 0.2) is 5.16 Å². The summed E-state index contributed by atoms with van der Waals surface area (Å²) in [6.07, 6.45) is 2.34. The van der Waals surface area contributed by atoms with Crippen LogP contribution in [0.3, 0.4) is 0 Å². The normalized spacial score (nSPS) is 10.7. The van der Waals surface area contributed by atoms with Crippen molar-refractivity contribution in [2.24, 2.45) is 0 Å². The predicted molar refractivity (Wildman–Crippen MR) is 145 cm³/mol. The fourth-order valence-corrected chi connectivity index (χ4v) is 5.40. The minimum atomic E-state index is -0.504. The summed E-state index contributed by atoms with van der Waals surface area (Å²) in [5, 5.41) is 15.0. The second-order valence-electron chi connectivity index (χ2n) is 7.65. The van der Waals surface area contributed by atoms with E-state index in [0.29, 0.717) is 39.3 Å². The zero-order valence-electron chi connectivity index (χ0n) is 19.4. The number of benzene rings is 2. The van der Waals surface area contributed by atoms with E-state index >= 15 is 0 Å². The number of anilines is 1. The molecule has 0 aliphatic carbocycles. The number of esters is 1. The van der Waals surface area contributed by atoms with E-state index in [1.807, 2.05) is 64.5 Å². The zero-order valence-corrected chi connectivity index (χ0v) is 21.8. The third kappa shape index (κ3) is 6.04. The van der Waals surface area contributed by atoms with Crippen LogP contribution in [0.15, 0.2) is 77.8 Å². The number of nitrogens with one attached hydrogen (secondary N) is 1. The maximum Gasteiger partial charge on any atom is 0.341 e. The van der Waals surface area contributed by atoms with E-state index in [1.54, 1.807) is 6.08 Å². The quantitative estimate of drug-likeness (QED) is 0.152. The summed E-state index contributed by atoms with van der Waals surface area (Å²) in [6, 6.07) is 17.1. The molecule has 36 heavy (non-hydrogen) atoms. The van der Waals surface area contributed by atoms with Crippen LogP contribution in [-0.4, -0.2) is 39.5 Å². The summed E-state index contributed by atoms with van der Waals surface area (Å²) in [4.78, 5) is 25.4. The first-order valence-electron chi connectivity index (χ1n) is 11.0. The van der Waals surface area contributed by atoms with Gasteiger partial charge in [-0.3, -0.25) is 4.79 Å². The molecule has 0 unspecified atom stereocenters. The molecule has 4 aromatic rings. The monoisotopic (exact) mass is 538 g/mol. The summed E-state index contributed by atoms with van der Waals surface area (Å²) < 4.78 is 6.91. The van der Waals surface area contributed by atoms with Gasteiger partial charge in [0, 0.05) is 28.9 Å². The SMILES string of the molecule is C=CCn1c(Cc2ccc(Cl)cc2)nnc1SCC(=O)Nc1scc(-c2ccccc2)c1C(=O)OC. The number of thioether (sulfide) groups is 1. The van der Waals surface area contributed by atoms with Crippen molar-refractivity contribution in [3.63, 3.8) is 0 Å². The molecule has 2 aromatic heterocycles. The van der Waals surface area contributed by atoms with Crippen molar-refractivity contribution in [3.8, 4) is 11.1 Å². The molecular weight excluding hydrogens is 516 g/mol. The number of methoxy groups -OCH3 is 1. The minimum absolute atomic E-state index is 0.0927. The average molecular weight is 539 g/mol. The van der Waals surface area contributed by atoms with Gasteiger partial charge in [-0.25, -0.2) is 4.79 Å². The van der Waals surface area contributed by atoms with E-state index in [9.17, 15) is 9.59 Å². The highest BCUT2D eigenvalue weighted by Gasteiger charge is 2.23. The van der Waals surface area contributed by atoms with Crippen LogP contribution in [0.1, 0.15) is 21.7 Å². The van der Waals surface area contributed by atoms with Crippen LogP contribution in [0, 0.1) is 0 Å². The molecule has 2 heterocycles. The van der Waals surface area contributed by atoms with Gasteiger partial charge in [0.1, 0.15) is 16.4 Å². The van der Waals surface area contributed by atoms with E-state index in [2.05, 4.69) is 22.1 Å². The highest BCUT2D eigenvalue weighted by molar-refractivity contribution is 7.99. The molecule has 1 N–H and O–H groups in total. The molecule has 2 aromatic carbocycles. The highest BCUT2D eigenvalue weighted by atomic mass is 35.5. The number of aromatic nitrogens is 3. The average Bonchev–Trinajstić information content (AvgIpc) is 3.48. The molecule has 184 valence electrons. The van der Waals surface area contributed by atoms with Crippen LogP contribution in [-0.2, 0) is 22.5 Å². The first kappa shape index (κ1) is 25.7. The molecule has 0 fully saturated rings. The van der Waals surface area contributed by atoms with Gasteiger partial charge in [-0.15, -0.1) is 28.1 Å². The number of allylic oxidation sites excluding steroid dienone is 1. The largest absolute Gasteiger partial charge is 0.465 e. The smallest absolute Gasteiger partial charge is 0.341 e. The van der Waals surface area contributed by atoms with E-state index in [1.165, 1.54) is 30.2 Å². The summed E-state index contributed by atoms with van der Waals surface area (Å²) >= 11 is 8.54. The number of amides is 1. The first-order chi connectivity index (χ1) is 17.5. The lowest BCUT2D eigenvalue weighted by Crippen LogP contribution is -2.16. The lowest BCUT2D eigenvalue weighted by Gasteiger charge is -2.09. The maximum atomic E-state index is 12.8. The van der Waals surface area contributed by atoms with Crippen LogP contribution in [0.2, 0.25) is 5.02 Å². The summed E-state index contributed by atoms with van der Waals surface area (Å²) in [7, 11) is 1.32. The van der Waals surface area contributed by atoms with Gasteiger partial charge in [-0.2, -0.15) is 0 Å². The standard InChI is InChI=1S/C26H23ClN4O3S2/c1-3-13-31-21(14-17-9-11-19(27)12-10-17)29-30-26(31)36-16-22(32)28-24-23(25(33)34-2)20(15-35-24)18-7-5-4-6-8-18/h3-12,15H,1,13-14,16H2,2H3,(H,28,32).